The second kappa shape index (κ2) is 5.18. The minimum Gasteiger partial charge on any atom is -0.454 e. The van der Waals surface area contributed by atoms with Crippen molar-refractivity contribution in [3.05, 3.63) is 18.4 Å². The van der Waals surface area contributed by atoms with Crippen LogP contribution in [0.2, 0.25) is 0 Å². The van der Waals surface area contributed by atoms with Gasteiger partial charge in [-0.25, -0.2) is 0 Å². The molecule has 15 heavy (non-hydrogen) atoms. The van der Waals surface area contributed by atoms with Crippen LogP contribution in [0.1, 0.15) is 46.0 Å². The van der Waals surface area contributed by atoms with Crippen LogP contribution in [0.3, 0.4) is 0 Å². The van der Waals surface area contributed by atoms with E-state index >= 15 is 0 Å². The molecule has 0 aliphatic heterocycles. The fourth-order valence-corrected chi connectivity index (χ4v) is 2.42. The van der Waals surface area contributed by atoms with Crippen LogP contribution in [0.15, 0.2) is 18.4 Å². The highest BCUT2D eigenvalue weighted by molar-refractivity contribution is 5.66. The molecule has 1 atom stereocenters. The molecule has 0 spiro atoms. The van der Waals surface area contributed by atoms with E-state index in [2.05, 4.69) is 12.3 Å². The highest BCUT2D eigenvalue weighted by Crippen LogP contribution is 2.35. The Morgan fingerprint density at radius 3 is 2.53 bits per heavy atom. The first-order valence-electron chi connectivity index (χ1n) is 5.65. The van der Waals surface area contributed by atoms with E-state index in [4.69, 9.17) is 4.74 Å². The lowest BCUT2D eigenvalue weighted by molar-refractivity contribution is -0.156. The lowest BCUT2D eigenvalue weighted by Gasteiger charge is -2.36. The molecule has 0 amide bonds. The highest BCUT2D eigenvalue weighted by Gasteiger charge is 2.35. The summed E-state index contributed by atoms with van der Waals surface area (Å²) in [6.07, 6.45) is 7.80. The predicted molar refractivity (Wildman–Crippen MR) is 60.5 cm³/mol. The number of carbonyl (C=O) groups is 1. The molecule has 0 aromatic heterocycles. The molecule has 0 bridgehead atoms. The molecule has 2 heteroatoms. The zero-order valence-corrected chi connectivity index (χ0v) is 9.71. The van der Waals surface area contributed by atoms with Gasteiger partial charge in [0.25, 0.3) is 0 Å². The fourth-order valence-electron chi connectivity index (χ4n) is 2.42. The first-order chi connectivity index (χ1) is 7.08. The maximum Gasteiger partial charge on any atom is 0.303 e. The van der Waals surface area contributed by atoms with Crippen LogP contribution in [-0.4, -0.2) is 11.6 Å². The standard InChI is InChI=1S/C13H20O2/c1-4-10-13(3,15-11(2)14)12-8-6-5-7-9-12/h10,12H,1,5-9H2,2-3H3. The Hall–Kier alpha value is -1.01. The van der Waals surface area contributed by atoms with Crippen molar-refractivity contribution in [1.29, 1.82) is 0 Å². The average molecular weight is 208 g/mol. The lowest BCUT2D eigenvalue weighted by Crippen LogP contribution is -2.38. The molecule has 1 rings (SSSR count). The van der Waals surface area contributed by atoms with Gasteiger partial charge in [0.1, 0.15) is 5.60 Å². The van der Waals surface area contributed by atoms with Crippen LogP contribution in [0.5, 0.6) is 0 Å². The number of rotatable bonds is 3. The van der Waals surface area contributed by atoms with E-state index in [1.54, 1.807) is 6.08 Å². The Balaban J connectivity index is 2.77. The maximum atomic E-state index is 11.1. The zero-order valence-electron chi connectivity index (χ0n) is 9.71. The van der Waals surface area contributed by atoms with Gasteiger partial charge in [-0.2, -0.15) is 0 Å². The third kappa shape index (κ3) is 3.24. The predicted octanol–water partition coefficient (Wildman–Crippen LogP) is 3.23. The van der Waals surface area contributed by atoms with Gasteiger partial charge in [-0.05, 0) is 19.8 Å². The van der Waals surface area contributed by atoms with Crippen LogP contribution in [-0.2, 0) is 9.53 Å². The summed E-state index contributed by atoms with van der Waals surface area (Å²) in [6, 6.07) is 0. The van der Waals surface area contributed by atoms with Crippen molar-refractivity contribution >= 4 is 5.97 Å². The van der Waals surface area contributed by atoms with E-state index in [1.165, 1.54) is 26.2 Å². The van der Waals surface area contributed by atoms with Gasteiger partial charge in [0.2, 0.25) is 0 Å². The van der Waals surface area contributed by atoms with Crippen molar-refractivity contribution in [2.45, 2.75) is 51.6 Å². The van der Waals surface area contributed by atoms with Crippen LogP contribution in [0.25, 0.3) is 0 Å². The van der Waals surface area contributed by atoms with Gasteiger partial charge in [-0.15, -0.1) is 5.73 Å². The Morgan fingerprint density at radius 1 is 1.47 bits per heavy atom. The number of hydrogen-bond acceptors (Lipinski definition) is 2. The molecule has 1 aliphatic rings. The molecule has 0 aromatic carbocycles. The maximum absolute atomic E-state index is 11.1. The fraction of sp³-hybridized carbons (Fsp3) is 0.692. The third-order valence-electron chi connectivity index (χ3n) is 3.17. The Bertz CT molecular complexity index is 270. The minimum atomic E-state index is -0.506. The molecule has 0 saturated heterocycles. The van der Waals surface area contributed by atoms with Gasteiger partial charge >= 0.3 is 5.97 Å². The van der Waals surface area contributed by atoms with E-state index in [-0.39, 0.29) is 5.97 Å². The summed E-state index contributed by atoms with van der Waals surface area (Å²) in [4.78, 5) is 11.1. The lowest BCUT2D eigenvalue weighted by atomic mass is 9.77. The number of carbonyl (C=O) groups excluding carboxylic acids is 1. The highest BCUT2D eigenvalue weighted by atomic mass is 16.6. The van der Waals surface area contributed by atoms with Crippen LogP contribution in [0, 0.1) is 5.92 Å². The molecule has 84 valence electrons. The topological polar surface area (TPSA) is 26.3 Å². The van der Waals surface area contributed by atoms with E-state index in [9.17, 15) is 4.79 Å². The average Bonchev–Trinajstić information content (AvgIpc) is 2.18. The third-order valence-corrected chi connectivity index (χ3v) is 3.17. The molecule has 1 saturated carbocycles. The van der Waals surface area contributed by atoms with Gasteiger partial charge in [0, 0.05) is 18.9 Å². The SMILES string of the molecule is C=C=CC(C)(OC(C)=O)C1CCCCC1. The monoisotopic (exact) mass is 208 g/mol. The van der Waals surface area contributed by atoms with Gasteiger partial charge in [-0.3, -0.25) is 4.79 Å². The van der Waals surface area contributed by atoms with Crippen molar-refractivity contribution in [3.8, 4) is 0 Å². The molecule has 0 N–H and O–H groups in total. The molecule has 1 unspecified atom stereocenters. The smallest absolute Gasteiger partial charge is 0.303 e. The Morgan fingerprint density at radius 2 is 2.07 bits per heavy atom. The van der Waals surface area contributed by atoms with Crippen molar-refractivity contribution in [1.82, 2.24) is 0 Å². The van der Waals surface area contributed by atoms with E-state index in [1.807, 2.05) is 6.92 Å². The van der Waals surface area contributed by atoms with Crippen molar-refractivity contribution in [2.75, 3.05) is 0 Å². The minimum absolute atomic E-state index is 0.227. The molecule has 0 heterocycles. The summed E-state index contributed by atoms with van der Waals surface area (Å²) in [6.45, 7) is 6.99. The molecule has 0 aromatic rings. The Labute approximate surface area is 92.0 Å². The first-order valence-corrected chi connectivity index (χ1v) is 5.65. The summed E-state index contributed by atoms with van der Waals surface area (Å²) in [5.41, 5.74) is 2.25. The molecular weight excluding hydrogens is 188 g/mol. The Kier molecular flexibility index (Phi) is 4.16. The molecule has 2 nitrogen and oxygen atoms in total. The van der Waals surface area contributed by atoms with Gasteiger partial charge in [0.15, 0.2) is 0 Å². The zero-order chi connectivity index (χ0) is 11.3. The normalized spacial score (nSPS) is 21.2. The second-order valence-electron chi connectivity index (χ2n) is 4.46. The van der Waals surface area contributed by atoms with Crippen LogP contribution in [0.4, 0.5) is 0 Å². The summed E-state index contributed by atoms with van der Waals surface area (Å²) < 4.78 is 5.42. The van der Waals surface area contributed by atoms with Gasteiger partial charge < -0.3 is 4.74 Å². The van der Waals surface area contributed by atoms with Crippen molar-refractivity contribution in [2.24, 2.45) is 5.92 Å². The summed E-state index contributed by atoms with van der Waals surface area (Å²) >= 11 is 0. The summed E-state index contributed by atoms with van der Waals surface area (Å²) in [5, 5.41) is 0. The van der Waals surface area contributed by atoms with E-state index < -0.39 is 5.60 Å². The molecular formula is C13H20O2. The quantitative estimate of drug-likeness (QED) is 0.526. The van der Waals surface area contributed by atoms with Crippen molar-refractivity contribution < 1.29 is 9.53 Å². The summed E-state index contributed by atoms with van der Waals surface area (Å²) in [7, 11) is 0. The number of esters is 1. The first kappa shape index (κ1) is 12.1. The largest absolute Gasteiger partial charge is 0.454 e. The van der Waals surface area contributed by atoms with Crippen LogP contribution >= 0.6 is 0 Å². The van der Waals surface area contributed by atoms with Crippen LogP contribution < -0.4 is 0 Å². The van der Waals surface area contributed by atoms with E-state index in [0.717, 1.165) is 12.8 Å². The summed E-state index contributed by atoms with van der Waals surface area (Å²) in [5.74, 6) is 0.193. The molecule has 0 radical (unpaired) electrons. The van der Waals surface area contributed by atoms with Gasteiger partial charge in [-0.1, -0.05) is 25.8 Å². The number of ether oxygens (including phenoxy) is 1. The molecule has 1 aliphatic carbocycles. The second-order valence-corrected chi connectivity index (χ2v) is 4.46. The van der Waals surface area contributed by atoms with E-state index in [0.29, 0.717) is 5.92 Å². The van der Waals surface area contributed by atoms with Gasteiger partial charge in [0.05, 0.1) is 0 Å². The van der Waals surface area contributed by atoms with Crippen molar-refractivity contribution in [3.63, 3.8) is 0 Å². The molecule has 1 fully saturated rings. The number of hydrogen-bond donors (Lipinski definition) is 0.